The number of nitrogens with one attached hydrogen (secondary N) is 6. The van der Waals surface area contributed by atoms with E-state index >= 15 is 0 Å². The molecule has 14 nitrogen and oxygen atoms in total. The smallest absolute Gasteiger partial charge is 0.322 e. The first-order valence-electron chi connectivity index (χ1n) is 16.7. The number of aliphatic hydroxyl groups excluding tert-OH is 1. The second kappa shape index (κ2) is 27.2. The zero-order chi connectivity index (χ0) is 34.7. The fraction of sp³-hybridized carbons (Fsp3) is 0.812. The second-order valence-corrected chi connectivity index (χ2v) is 11.8. The quantitative estimate of drug-likeness (QED) is 0.0486. The van der Waals surface area contributed by atoms with Crippen molar-refractivity contribution >= 4 is 35.3 Å². The van der Waals surface area contributed by atoms with E-state index in [0.29, 0.717) is 25.7 Å². The Kier molecular flexibility index (Phi) is 25.5. The van der Waals surface area contributed by atoms with Crippen molar-refractivity contribution < 1.29 is 39.0 Å². The van der Waals surface area contributed by atoms with Crippen LogP contribution in [0.5, 0.6) is 0 Å². The van der Waals surface area contributed by atoms with E-state index in [2.05, 4.69) is 31.9 Å². The van der Waals surface area contributed by atoms with Gasteiger partial charge < -0.3 is 42.1 Å². The molecule has 0 spiro atoms. The Morgan fingerprint density at radius 2 is 1.11 bits per heavy atom. The van der Waals surface area contributed by atoms with Crippen LogP contribution in [0.25, 0.3) is 0 Å². The minimum atomic E-state index is -1.26. The molecule has 0 fully saturated rings. The zero-order valence-corrected chi connectivity index (χ0v) is 28.4. The van der Waals surface area contributed by atoms with Crippen LogP contribution in [0.2, 0.25) is 0 Å². The molecule has 4 unspecified atom stereocenters. The Hall–Kier alpha value is -2.94. The number of ketones is 2. The fourth-order valence-corrected chi connectivity index (χ4v) is 5.09. The molecule has 0 heterocycles. The van der Waals surface area contributed by atoms with Crippen LogP contribution in [-0.2, 0) is 28.8 Å². The average Bonchev–Trinajstić information content (AvgIpc) is 3.03. The number of Topliss-reactive ketones (excluding diaryl/α,β-unsaturated/α-hetero) is 2. The van der Waals surface area contributed by atoms with Crippen molar-refractivity contribution in [1.29, 1.82) is 0 Å². The van der Waals surface area contributed by atoms with E-state index in [1.54, 1.807) is 0 Å². The van der Waals surface area contributed by atoms with E-state index in [1.165, 1.54) is 0 Å². The van der Waals surface area contributed by atoms with Gasteiger partial charge in [0.1, 0.15) is 6.54 Å². The van der Waals surface area contributed by atoms with Gasteiger partial charge in [-0.25, -0.2) is 0 Å². The van der Waals surface area contributed by atoms with Crippen LogP contribution in [0.15, 0.2) is 0 Å². The number of unbranched alkanes of at least 4 members (excludes halogenated alkanes) is 3. The maximum absolute atomic E-state index is 13.7. The monoisotopic (exact) mass is 656 g/mol. The highest BCUT2D eigenvalue weighted by Gasteiger charge is 2.29. The molecule has 0 aliphatic heterocycles. The minimum absolute atomic E-state index is 0.0909. The van der Waals surface area contributed by atoms with E-state index in [9.17, 15) is 33.9 Å². The number of aliphatic hydroxyl groups is 1. The summed E-state index contributed by atoms with van der Waals surface area (Å²) in [6.07, 6.45) is 6.64. The van der Waals surface area contributed by atoms with Crippen molar-refractivity contribution in [2.24, 2.45) is 17.8 Å². The Balaban J connectivity index is 5.53. The third-order valence-electron chi connectivity index (χ3n) is 7.95. The lowest BCUT2D eigenvalue weighted by atomic mass is 9.90. The standard InChI is InChI=1S/C32H60N6O8/c1-5-23(12-6-9-15-33-2)32(46)38-27(14-8-11-17-35-4)28(41)19-24(13-7-10-16-34-3)30(44)36-20-26(40)18-25(22-39)31(45)37-21-29(42)43/h23-25,27,33-35,39H,5-22H2,1-4H3,(H,36,44)(H,37,45)(H,38,46)(H,42,43). The number of amides is 3. The van der Waals surface area contributed by atoms with E-state index in [-0.39, 0.29) is 30.4 Å². The molecule has 0 saturated heterocycles. The van der Waals surface area contributed by atoms with Crippen molar-refractivity contribution in [3.05, 3.63) is 0 Å². The largest absolute Gasteiger partial charge is 0.480 e. The summed E-state index contributed by atoms with van der Waals surface area (Å²) in [4.78, 5) is 75.5. The molecular formula is C32H60N6O8. The summed E-state index contributed by atoms with van der Waals surface area (Å²) >= 11 is 0. The second-order valence-electron chi connectivity index (χ2n) is 11.8. The summed E-state index contributed by atoms with van der Waals surface area (Å²) in [7, 11) is 5.57. The summed E-state index contributed by atoms with van der Waals surface area (Å²) < 4.78 is 0. The highest BCUT2D eigenvalue weighted by Crippen LogP contribution is 2.19. The van der Waals surface area contributed by atoms with Crippen LogP contribution < -0.4 is 31.9 Å². The van der Waals surface area contributed by atoms with Gasteiger partial charge in [-0.15, -0.1) is 0 Å². The Labute approximate surface area is 274 Å². The molecule has 0 aromatic heterocycles. The molecule has 266 valence electrons. The van der Waals surface area contributed by atoms with Crippen LogP contribution >= 0.6 is 0 Å². The SMILES string of the molecule is CCC(CCCCNC)C(=O)NC(CCCCNC)C(=O)CC(CCCCNC)C(=O)NCC(=O)CC(CO)C(=O)NCC(=O)O. The molecule has 0 radical (unpaired) electrons. The number of aliphatic carboxylic acids is 1. The van der Waals surface area contributed by atoms with Crippen LogP contribution in [-0.4, -0.2) is 112 Å². The normalized spacial score (nSPS) is 13.7. The van der Waals surface area contributed by atoms with Crippen molar-refractivity contribution in [3.63, 3.8) is 0 Å². The number of carboxylic acids is 1. The third kappa shape index (κ3) is 20.2. The summed E-state index contributed by atoms with van der Waals surface area (Å²) in [5.74, 6) is -5.47. The molecule has 0 aromatic carbocycles. The number of carbonyl (C=O) groups excluding carboxylic acids is 5. The molecule has 0 aliphatic rings. The van der Waals surface area contributed by atoms with E-state index in [1.807, 2.05) is 28.1 Å². The fourth-order valence-electron chi connectivity index (χ4n) is 5.09. The van der Waals surface area contributed by atoms with Crippen LogP contribution in [0.1, 0.15) is 84.0 Å². The van der Waals surface area contributed by atoms with Gasteiger partial charge in [-0.3, -0.25) is 28.8 Å². The zero-order valence-electron chi connectivity index (χ0n) is 28.4. The first-order valence-corrected chi connectivity index (χ1v) is 16.7. The maximum Gasteiger partial charge on any atom is 0.322 e. The minimum Gasteiger partial charge on any atom is -0.480 e. The van der Waals surface area contributed by atoms with Crippen molar-refractivity contribution in [3.8, 4) is 0 Å². The number of carbonyl (C=O) groups is 6. The van der Waals surface area contributed by atoms with E-state index in [0.717, 1.165) is 58.2 Å². The number of rotatable bonds is 30. The molecule has 14 heteroatoms. The molecule has 0 bridgehead atoms. The van der Waals surface area contributed by atoms with Gasteiger partial charge in [-0.1, -0.05) is 19.8 Å². The summed E-state index contributed by atoms with van der Waals surface area (Å²) in [6, 6.07) is -0.723. The highest BCUT2D eigenvalue weighted by molar-refractivity contribution is 5.94. The molecule has 8 N–H and O–H groups in total. The van der Waals surface area contributed by atoms with Gasteiger partial charge >= 0.3 is 5.97 Å². The summed E-state index contributed by atoms with van der Waals surface area (Å²) in [6.45, 7) is 2.64. The first kappa shape index (κ1) is 43.1. The predicted molar refractivity (Wildman–Crippen MR) is 176 cm³/mol. The average molecular weight is 657 g/mol. The number of hydrogen-bond acceptors (Lipinski definition) is 10. The van der Waals surface area contributed by atoms with Crippen molar-refractivity contribution in [2.75, 3.05) is 60.5 Å². The van der Waals surface area contributed by atoms with Gasteiger partial charge in [0, 0.05) is 24.7 Å². The molecule has 0 aliphatic carbocycles. The molecule has 3 amide bonds. The van der Waals surface area contributed by atoms with Gasteiger partial charge in [-0.05, 0) is 92.1 Å². The van der Waals surface area contributed by atoms with Crippen molar-refractivity contribution in [1.82, 2.24) is 31.9 Å². The van der Waals surface area contributed by atoms with Crippen molar-refractivity contribution in [2.45, 2.75) is 90.0 Å². The lowest BCUT2D eigenvalue weighted by molar-refractivity contribution is -0.139. The van der Waals surface area contributed by atoms with Crippen LogP contribution in [0.3, 0.4) is 0 Å². The maximum atomic E-state index is 13.7. The van der Waals surface area contributed by atoms with Gasteiger partial charge in [-0.2, -0.15) is 0 Å². The van der Waals surface area contributed by atoms with Gasteiger partial charge in [0.05, 0.1) is 25.1 Å². The molecule has 0 saturated carbocycles. The Bertz CT molecular complexity index is 919. The third-order valence-corrected chi connectivity index (χ3v) is 7.95. The molecule has 46 heavy (non-hydrogen) atoms. The van der Waals surface area contributed by atoms with Gasteiger partial charge in [0.25, 0.3) is 0 Å². The predicted octanol–water partition coefficient (Wildman–Crippen LogP) is 0.127. The van der Waals surface area contributed by atoms with Gasteiger partial charge in [0.2, 0.25) is 17.7 Å². The highest BCUT2D eigenvalue weighted by atomic mass is 16.4. The molecule has 4 atom stereocenters. The topological polar surface area (TPSA) is 215 Å². The number of hydrogen-bond donors (Lipinski definition) is 8. The molecule has 0 rings (SSSR count). The molecular weight excluding hydrogens is 596 g/mol. The first-order chi connectivity index (χ1) is 22.0. The molecule has 0 aromatic rings. The Morgan fingerprint density at radius 3 is 1.61 bits per heavy atom. The lowest BCUT2D eigenvalue weighted by Crippen LogP contribution is -2.45. The summed E-state index contributed by atoms with van der Waals surface area (Å²) in [5.41, 5.74) is 0. The number of carboxylic acid groups (broad SMARTS) is 1. The Morgan fingerprint density at radius 1 is 0.609 bits per heavy atom. The summed E-state index contributed by atoms with van der Waals surface area (Å²) in [5, 5.41) is 35.2. The lowest BCUT2D eigenvalue weighted by Gasteiger charge is -2.24. The van der Waals surface area contributed by atoms with E-state index < -0.39 is 61.1 Å². The van der Waals surface area contributed by atoms with E-state index in [4.69, 9.17) is 5.11 Å². The van der Waals surface area contributed by atoms with Crippen LogP contribution in [0, 0.1) is 17.8 Å². The van der Waals surface area contributed by atoms with Crippen LogP contribution in [0.4, 0.5) is 0 Å². The van der Waals surface area contributed by atoms with Gasteiger partial charge in [0.15, 0.2) is 11.6 Å².